The van der Waals surface area contributed by atoms with E-state index in [9.17, 15) is 4.79 Å². The lowest BCUT2D eigenvalue weighted by Gasteiger charge is -2.24. The number of hydrogen-bond acceptors (Lipinski definition) is 2. The van der Waals surface area contributed by atoms with Gasteiger partial charge in [0.25, 0.3) is 5.91 Å². The summed E-state index contributed by atoms with van der Waals surface area (Å²) in [5.41, 5.74) is 7.74. The molecule has 5 heteroatoms. The molecule has 0 aliphatic rings. The predicted molar refractivity (Wildman–Crippen MR) is 149 cm³/mol. The fourth-order valence-electron chi connectivity index (χ4n) is 4.64. The van der Waals surface area contributed by atoms with E-state index in [2.05, 4.69) is 56.3 Å². The van der Waals surface area contributed by atoms with Crippen LogP contribution in [-0.4, -0.2) is 31.7 Å². The zero-order valence-corrected chi connectivity index (χ0v) is 21.6. The molecule has 0 saturated carbocycles. The molecule has 0 N–H and O–H groups in total. The molecule has 2 heterocycles. The smallest absolute Gasteiger partial charge is 0.272 e. The maximum atomic E-state index is 14.3. The van der Waals surface area contributed by atoms with E-state index in [1.807, 2.05) is 82.0 Å². The summed E-state index contributed by atoms with van der Waals surface area (Å²) in [6.07, 6.45) is 2.77. The summed E-state index contributed by atoms with van der Waals surface area (Å²) in [5, 5.41) is 4.96. The summed E-state index contributed by atoms with van der Waals surface area (Å²) in [6.45, 7) is 5.26. The van der Waals surface area contributed by atoms with Crippen molar-refractivity contribution < 1.29 is 4.79 Å². The second kappa shape index (κ2) is 10.7. The van der Waals surface area contributed by atoms with Crippen LogP contribution >= 0.6 is 0 Å². The van der Waals surface area contributed by atoms with Crippen LogP contribution in [0.25, 0.3) is 17.1 Å². The van der Waals surface area contributed by atoms with Crippen molar-refractivity contribution in [2.45, 2.75) is 26.8 Å². The summed E-state index contributed by atoms with van der Waals surface area (Å²) in [4.78, 5) is 16.2. The van der Waals surface area contributed by atoms with Gasteiger partial charge >= 0.3 is 0 Å². The first kappa shape index (κ1) is 24.3. The van der Waals surface area contributed by atoms with Gasteiger partial charge in [0.05, 0.1) is 11.4 Å². The Kier molecular flexibility index (Phi) is 7.04. The van der Waals surface area contributed by atoms with E-state index >= 15 is 0 Å². The van der Waals surface area contributed by atoms with E-state index in [0.717, 1.165) is 40.2 Å². The Bertz CT molecular complexity index is 1500. The molecule has 0 radical (unpaired) electrons. The van der Waals surface area contributed by atoms with Gasteiger partial charge in [-0.3, -0.25) is 4.79 Å². The standard InChI is InChI=1S/C32H32N4O/c1-24-16-17-25(2)30(21-24)36-31(22-28(33-36)29-15-10-19-34(29)3)32(37)35(23-27-13-8-5-9-14-27)20-18-26-11-6-4-7-12-26/h4-17,19,21-22H,18,20,23H2,1-3H3. The highest BCUT2D eigenvalue weighted by Gasteiger charge is 2.24. The first-order valence-electron chi connectivity index (χ1n) is 12.7. The number of carbonyl (C=O) groups is 1. The Morgan fingerprint density at radius 1 is 0.838 bits per heavy atom. The number of amides is 1. The summed E-state index contributed by atoms with van der Waals surface area (Å²) in [6, 6.07) is 32.7. The number of carbonyl (C=O) groups excluding carboxylic acids is 1. The zero-order valence-electron chi connectivity index (χ0n) is 21.6. The number of nitrogens with zero attached hydrogens (tertiary/aromatic N) is 4. The topological polar surface area (TPSA) is 43.1 Å². The second-order valence-electron chi connectivity index (χ2n) is 9.57. The molecule has 5 aromatic rings. The molecule has 3 aromatic carbocycles. The molecule has 0 unspecified atom stereocenters. The minimum atomic E-state index is -0.0337. The summed E-state index contributed by atoms with van der Waals surface area (Å²) < 4.78 is 3.86. The van der Waals surface area contributed by atoms with Gasteiger partial charge in [0.1, 0.15) is 11.4 Å². The first-order chi connectivity index (χ1) is 18.0. The Balaban J connectivity index is 1.57. The second-order valence-corrected chi connectivity index (χ2v) is 9.57. The SMILES string of the molecule is Cc1ccc(C)c(-n2nc(-c3cccn3C)cc2C(=O)N(CCc2ccccc2)Cc2ccccc2)c1. The van der Waals surface area contributed by atoms with E-state index in [1.165, 1.54) is 5.56 Å². The third-order valence-corrected chi connectivity index (χ3v) is 6.74. The molecule has 0 fully saturated rings. The predicted octanol–water partition coefficient (Wildman–Crippen LogP) is 6.38. The first-order valence-corrected chi connectivity index (χ1v) is 12.7. The van der Waals surface area contributed by atoms with Crippen molar-refractivity contribution in [3.8, 4) is 17.1 Å². The molecule has 186 valence electrons. The van der Waals surface area contributed by atoms with Crippen molar-refractivity contribution in [1.29, 1.82) is 0 Å². The van der Waals surface area contributed by atoms with Crippen molar-refractivity contribution in [2.24, 2.45) is 7.05 Å². The highest BCUT2D eigenvalue weighted by atomic mass is 16.2. The van der Waals surface area contributed by atoms with Gasteiger partial charge in [0, 0.05) is 26.3 Å². The largest absolute Gasteiger partial charge is 0.349 e. The number of hydrogen-bond donors (Lipinski definition) is 0. The average Bonchev–Trinajstić information content (AvgIpc) is 3.55. The molecule has 0 aliphatic carbocycles. The highest BCUT2D eigenvalue weighted by Crippen LogP contribution is 2.26. The van der Waals surface area contributed by atoms with Crippen LogP contribution in [0.1, 0.15) is 32.7 Å². The van der Waals surface area contributed by atoms with Gasteiger partial charge < -0.3 is 9.47 Å². The quantitative estimate of drug-likeness (QED) is 0.254. The van der Waals surface area contributed by atoms with Crippen molar-refractivity contribution in [3.63, 3.8) is 0 Å². The van der Waals surface area contributed by atoms with Crippen molar-refractivity contribution in [3.05, 3.63) is 131 Å². The lowest BCUT2D eigenvalue weighted by Crippen LogP contribution is -2.34. The number of aromatic nitrogens is 3. The van der Waals surface area contributed by atoms with Crippen LogP contribution in [0.15, 0.2) is 103 Å². The molecule has 0 aliphatic heterocycles. The minimum absolute atomic E-state index is 0.0337. The molecule has 37 heavy (non-hydrogen) atoms. The van der Waals surface area contributed by atoms with E-state index in [0.29, 0.717) is 18.8 Å². The Labute approximate surface area is 218 Å². The van der Waals surface area contributed by atoms with Crippen LogP contribution in [-0.2, 0) is 20.0 Å². The lowest BCUT2D eigenvalue weighted by atomic mass is 10.1. The van der Waals surface area contributed by atoms with E-state index in [4.69, 9.17) is 5.10 Å². The van der Waals surface area contributed by atoms with Crippen LogP contribution in [0.3, 0.4) is 0 Å². The Morgan fingerprint density at radius 2 is 1.54 bits per heavy atom. The monoisotopic (exact) mass is 488 g/mol. The van der Waals surface area contributed by atoms with E-state index < -0.39 is 0 Å². The van der Waals surface area contributed by atoms with E-state index in [-0.39, 0.29) is 5.91 Å². The number of benzene rings is 3. The Hall–Kier alpha value is -4.38. The van der Waals surface area contributed by atoms with E-state index in [1.54, 1.807) is 0 Å². The summed E-state index contributed by atoms with van der Waals surface area (Å²) in [5.74, 6) is -0.0337. The van der Waals surface area contributed by atoms with Crippen LogP contribution in [0.4, 0.5) is 0 Å². The molecule has 2 aromatic heterocycles. The third kappa shape index (κ3) is 5.41. The molecular weight excluding hydrogens is 456 g/mol. The fourth-order valence-corrected chi connectivity index (χ4v) is 4.64. The van der Waals surface area contributed by atoms with Crippen molar-refractivity contribution in [1.82, 2.24) is 19.2 Å². The molecule has 5 rings (SSSR count). The molecular formula is C32H32N4O. The van der Waals surface area contributed by atoms with Crippen LogP contribution in [0.5, 0.6) is 0 Å². The van der Waals surface area contributed by atoms with Gasteiger partial charge in [-0.25, -0.2) is 4.68 Å². The van der Waals surface area contributed by atoms with Gasteiger partial charge in [0.15, 0.2) is 0 Å². The lowest BCUT2D eigenvalue weighted by molar-refractivity contribution is 0.0736. The van der Waals surface area contributed by atoms with Gasteiger partial charge in [-0.05, 0) is 66.8 Å². The summed E-state index contributed by atoms with van der Waals surface area (Å²) in [7, 11) is 2.00. The minimum Gasteiger partial charge on any atom is -0.349 e. The van der Waals surface area contributed by atoms with Crippen LogP contribution < -0.4 is 0 Å². The highest BCUT2D eigenvalue weighted by molar-refractivity contribution is 5.94. The molecule has 1 amide bonds. The molecule has 0 bridgehead atoms. The average molecular weight is 489 g/mol. The van der Waals surface area contributed by atoms with Crippen LogP contribution in [0.2, 0.25) is 0 Å². The maximum absolute atomic E-state index is 14.3. The maximum Gasteiger partial charge on any atom is 0.272 e. The van der Waals surface area contributed by atoms with Gasteiger partial charge in [-0.1, -0.05) is 72.8 Å². The molecule has 0 spiro atoms. The summed E-state index contributed by atoms with van der Waals surface area (Å²) >= 11 is 0. The molecule has 5 nitrogen and oxygen atoms in total. The molecule has 0 saturated heterocycles. The van der Waals surface area contributed by atoms with Gasteiger partial charge in [0.2, 0.25) is 0 Å². The van der Waals surface area contributed by atoms with Crippen LogP contribution in [0, 0.1) is 13.8 Å². The Morgan fingerprint density at radius 3 is 2.22 bits per heavy atom. The zero-order chi connectivity index (χ0) is 25.8. The van der Waals surface area contributed by atoms with Crippen molar-refractivity contribution >= 4 is 5.91 Å². The normalized spacial score (nSPS) is 11.0. The fraction of sp³-hybridized carbons (Fsp3) is 0.188. The third-order valence-electron chi connectivity index (χ3n) is 6.74. The van der Waals surface area contributed by atoms with Crippen molar-refractivity contribution in [2.75, 3.05) is 6.54 Å². The number of rotatable bonds is 8. The van der Waals surface area contributed by atoms with Gasteiger partial charge in [-0.2, -0.15) is 5.10 Å². The molecule has 0 atom stereocenters. The van der Waals surface area contributed by atoms with Gasteiger partial charge in [-0.15, -0.1) is 0 Å². The number of aryl methyl sites for hydroxylation is 3.